The summed E-state index contributed by atoms with van der Waals surface area (Å²) in [6.45, 7) is 4.36. The van der Waals surface area contributed by atoms with Gasteiger partial charge < -0.3 is 10.7 Å². The molecular weight excluding hydrogens is 224 g/mol. The predicted molar refractivity (Wildman–Crippen MR) is 75.9 cm³/mol. The number of aromatic nitrogens is 1. The molecule has 0 spiro atoms. The molecule has 0 aliphatic rings. The lowest BCUT2D eigenvalue weighted by atomic mass is 10.0. The Morgan fingerprint density at radius 1 is 1.00 bits per heavy atom. The Kier molecular flexibility index (Phi) is 3.79. The zero-order valence-electron chi connectivity index (χ0n) is 10.6. The number of hydrogen-bond donors (Lipinski definition) is 3. The molecule has 0 saturated heterocycles. The third-order valence-corrected chi connectivity index (χ3v) is 2.75. The van der Waals surface area contributed by atoms with Crippen molar-refractivity contribution in [3.05, 3.63) is 48.0 Å². The van der Waals surface area contributed by atoms with Crippen LogP contribution in [-0.4, -0.2) is 4.98 Å². The van der Waals surface area contributed by atoms with Gasteiger partial charge in [0.15, 0.2) is 0 Å². The first-order chi connectivity index (χ1) is 8.69. The van der Waals surface area contributed by atoms with Crippen molar-refractivity contribution in [3.8, 4) is 0 Å². The summed E-state index contributed by atoms with van der Waals surface area (Å²) in [4.78, 5) is 4.30. The van der Waals surface area contributed by atoms with E-state index >= 15 is 0 Å². The molecule has 0 aliphatic carbocycles. The van der Waals surface area contributed by atoms with E-state index in [4.69, 9.17) is 5.84 Å². The molecule has 0 bridgehead atoms. The maximum absolute atomic E-state index is 5.32. The minimum Gasteiger partial charge on any atom is -0.340 e. The molecule has 1 aromatic carbocycles. The van der Waals surface area contributed by atoms with E-state index in [2.05, 4.69) is 53.8 Å². The molecule has 0 unspecified atom stereocenters. The van der Waals surface area contributed by atoms with Crippen LogP contribution in [0.25, 0.3) is 0 Å². The summed E-state index contributed by atoms with van der Waals surface area (Å²) >= 11 is 0. The molecular formula is C14H18N4. The van der Waals surface area contributed by atoms with Crippen molar-refractivity contribution in [1.29, 1.82) is 0 Å². The van der Waals surface area contributed by atoms with Gasteiger partial charge in [-0.2, -0.15) is 0 Å². The largest absolute Gasteiger partial charge is 0.340 e. The van der Waals surface area contributed by atoms with E-state index in [1.165, 1.54) is 5.56 Å². The van der Waals surface area contributed by atoms with Gasteiger partial charge in [0.05, 0.1) is 0 Å². The summed E-state index contributed by atoms with van der Waals surface area (Å²) < 4.78 is 0. The van der Waals surface area contributed by atoms with E-state index in [9.17, 15) is 0 Å². The maximum atomic E-state index is 5.32. The quantitative estimate of drug-likeness (QED) is 0.569. The Morgan fingerprint density at radius 2 is 1.67 bits per heavy atom. The first-order valence-electron chi connectivity index (χ1n) is 5.99. The van der Waals surface area contributed by atoms with E-state index in [1.807, 2.05) is 18.2 Å². The fraction of sp³-hybridized carbons (Fsp3) is 0.214. The van der Waals surface area contributed by atoms with E-state index in [0.29, 0.717) is 11.7 Å². The number of anilines is 3. The molecule has 1 aromatic heterocycles. The molecule has 4 heteroatoms. The summed E-state index contributed by atoms with van der Waals surface area (Å²) in [7, 11) is 0. The molecule has 0 atom stereocenters. The van der Waals surface area contributed by atoms with Gasteiger partial charge in [0.25, 0.3) is 0 Å². The Labute approximate surface area is 107 Å². The molecule has 4 N–H and O–H groups in total. The fourth-order valence-electron chi connectivity index (χ4n) is 1.68. The Morgan fingerprint density at radius 3 is 2.28 bits per heavy atom. The lowest BCUT2D eigenvalue weighted by Gasteiger charge is -2.09. The number of nitrogen functional groups attached to an aromatic ring is 1. The highest BCUT2D eigenvalue weighted by atomic mass is 15.3. The minimum atomic E-state index is 0.543. The van der Waals surface area contributed by atoms with Crippen LogP contribution < -0.4 is 16.6 Å². The van der Waals surface area contributed by atoms with Gasteiger partial charge >= 0.3 is 0 Å². The van der Waals surface area contributed by atoms with Crippen LogP contribution in [-0.2, 0) is 0 Å². The molecule has 0 radical (unpaired) electrons. The molecule has 0 fully saturated rings. The van der Waals surface area contributed by atoms with E-state index in [0.717, 1.165) is 11.5 Å². The van der Waals surface area contributed by atoms with Crippen molar-refractivity contribution in [1.82, 2.24) is 4.98 Å². The predicted octanol–water partition coefficient (Wildman–Crippen LogP) is 3.23. The molecule has 1 heterocycles. The molecule has 0 saturated carbocycles. The number of nitrogens with zero attached hydrogens (tertiary/aromatic N) is 1. The van der Waals surface area contributed by atoms with Gasteiger partial charge in [0.2, 0.25) is 0 Å². The molecule has 2 aromatic rings. The van der Waals surface area contributed by atoms with Crippen molar-refractivity contribution in [2.75, 3.05) is 10.7 Å². The van der Waals surface area contributed by atoms with Crippen LogP contribution in [0.5, 0.6) is 0 Å². The number of rotatable bonds is 4. The smallest absolute Gasteiger partial charge is 0.142 e. The van der Waals surface area contributed by atoms with Crippen LogP contribution in [0.15, 0.2) is 42.5 Å². The zero-order valence-corrected chi connectivity index (χ0v) is 10.6. The first-order valence-corrected chi connectivity index (χ1v) is 5.99. The zero-order chi connectivity index (χ0) is 13.0. The van der Waals surface area contributed by atoms with Crippen LogP contribution in [0.2, 0.25) is 0 Å². The number of hydrogen-bond acceptors (Lipinski definition) is 4. The van der Waals surface area contributed by atoms with Crippen LogP contribution in [0.4, 0.5) is 17.3 Å². The molecule has 0 aliphatic heterocycles. The van der Waals surface area contributed by atoms with Gasteiger partial charge in [-0.25, -0.2) is 10.8 Å². The second kappa shape index (κ2) is 5.51. The molecule has 94 valence electrons. The summed E-state index contributed by atoms with van der Waals surface area (Å²) in [5.74, 6) is 7.27. The lowest BCUT2D eigenvalue weighted by Crippen LogP contribution is -2.08. The van der Waals surface area contributed by atoms with Crippen LogP contribution in [0.3, 0.4) is 0 Å². The van der Waals surface area contributed by atoms with Crippen molar-refractivity contribution in [3.63, 3.8) is 0 Å². The van der Waals surface area contributed by atoms with Gasteiger partial charge in [-0.1, -0.05) is 32.0 Å². The highest BCUT2D eigenvalue weighted by molar-refractivity contribution is 5.58. The Hall–Kier alpha value is -2.07. The van der Waals surface area contributed by atoms with E-state index in [-0.39, 0.29) is 0 Å². The second-order valence-electron chi connectivity index (χ2n) is 4.45. The fourth-order valence-corrected chi connectivity index (χ4v) is 1.68. The third kappa shape index (κ3) is 2.99. The van der Waals surface area contributed by atoms with Gasteiger partial charge in [0.1, 0.15) is 11.6 Å². The van der Waals surface area contributed by atoms with Gasteiger partial charge in [-0.15, -0.1) is 0 Å². The van der Waals surface area contributed by atoms with Crippen molar-refractivity contribution in [2.45, 2.75) is 19.8 Å². The highest BCUT2D eigenvalue weighted by Gasteiger charge is 2.00. The first kappa shape index (κ1) is 12.4. The average Bonchev–Trinajstić information content (AvgIpc) is 2.39. The standard InChI is InChI=1S/C14H18N4/c1-10(2)11-6-8-12(9-7-11)16-13-4-3-5-14(17-13)18-15/h3-10H,15H2,1-2H3,(H2,16,17,18). The number of nitrogens with two attached hydrogens (primary N) is 1. The molecule has 2 rings (SSSR count). The van der Waals surface area contributed by atoms with Crippen LogP contribution in [0.1, 0.15) is 25.3 Å². The van der Waals surface area contributed by atoms with Gasteiger partial charge in [0, 0.05) is 5.69 Å². The van der Waals surface area contributed by atoms with Crippen LogP contribution >= 0.6 is 0 Å². The van der Waals surface area contributed by atoms with Gasteiger partial charge in [-0.3, -0.25) is 0 Å². The number of hydrazine groups is 1. The lowest BCUT2D eigenvalue weighted by molar-refractivity contribution is 0.867. The second-order valence-corrected chi connectivity index (χ2v) is 4.45. The van der Waals surface area contributed by atoms with Crippen LogP contribution in [0, 0.1) is 0 Å². The average molecular weight is 242 g/mol. The minimum absolute atomic E-state index is 0.543. The number of benzene rings is 1. The topological polar surface area (TPSA) is 63.0 Å². The molecule has 18 heavy (non-hydrogen) atoms. The summed E-state index contributed by atoms with van der Waals surface area (Å²) in [5, 5.41) is 3.24. The monoisotopic (exact) mass is 242 g/mol. The van der Waals surface area contributed by atoms with E-state index in [1.54, 1.807) is 0 Å². The number of nitrogens with one attached hydrogen (secondary N) is 2. The Bertz CT molecular complexity index is 505. The van der Waals surface area contributed by atoms with Crippen molar-refractivity contribution >= 4 is 17.3 Å². The van der Waals surface area contributed by atoms with Crippen molar-refractivity contribution in [2.24, 2.45) is 5.84 Å². The third-order valence-electron chi connectivity index (χ3n) is 2.75. The highest BCUT2D eigenvalue weighted by Crippen LogP contribution is 2.20. The summed E-state index contributed by atoms with van der Waals surface area (Å²) in [5.41, 5.74) is 4.87. The number of pyridine rings is 1. The van der Waals surface area contributed by atoms with Gasteiger partial charge in [-0.05, 0) is 35.7 Å². The summed E-state index contributed by atoms with van der Waals surface area (Å²) in [6.07, 6.45) is 0. The summed E-state index contributed by atoms with van der Waals surface area (Å²) in [6, 6.07) is 14.0. The SMILES string of the molecule is CC(C)c1ccc(Nc2cccc(NN)n2)cc1. The molecule has 0 amide bonds. The van der Waals surface area contributed by atoms with E-state index < -0.39 is 0 Å². The molecule has 4 nitrogen and oxygen atoms in total. The normalized spacial score (nSPS) is 10.4. The van der Waals surface area contributed by atoms with Crippen molar-refractivity contribution < 1.29 is 0 Å². The maximum Gasteiger partial charge on any atom is 0.142 e. The Balaban J connectivity index is 2.13.